The summed E-state index contributed by atoms with van der Waals surface area (Å²) in [5, 5.41) is 2.62. The van der Waals surface area contributed by atoms with Crippen LogP contribution in [0.15, 0.2) is 47.4 Å². The van der Waals surface area contributed by atoms with Gasteiger partial charge in [-0.15, -0.1) is 0 Å². The van der Waals surface area contributed by atoms with E-state index in [-0.39, 0.29) is 29.4 Å². The summed E-state index contributed by atoms with van der Waals surface area (Å²) in [5.74, 6) is -1.62. The van der Waals surface area contributed by atoms with Crippen LogP contribution < -0.4 is 5.32 Å². The number of amides is 1. The minimum Gasteiger partial charge on any atom is -0.452 e. The van der Waals surface area contributed by atoms with Gasteiger partial charge < -0.3 is 14.8 Å². The van der Waals surface area contributed by atoms with Gasteiger partial charge in [-0.05, 0) is 48.7 Å². The second kappa shape index (κ2) is 10.7. The van der Waals surface area contributed by atoms with Crippen LogP contribution in [-0.4, -0.2) is 64.1 Å². The minimum atomic E-state index is -3.78. The van der Waals surface area contributed by atoms with Gasteiger partial charge in [0.2, 0.25) is 10.0 Å². The molecule has 1 aliphatic heterocycles. The SMILES string of the molecule is Cc1ccc(C(=O)OCC(=O)NCCc2ccc(F)cc2)cc1S(=O)(=O)N1CCOCC1. The Morgan fingerprint density at radius 1 is 1.12 bits per heavy atom. The zero-order chi connectivity index (χ0) is 23.1. The quantitative estimate of drug-likeness (QED) is 0.597. The third-order valence-electron chi connectivity index (χ3n) is 5.00. The topological polar surface area (TPSA) is 102 Å². The molecule has 0 unspecified atom stereocenters. The van der Waals surface area contributed by atoms with Gasteiger partial charge in [-0.2, -0.15) is 4.31 Å². The maximum Gasteiger partial charge on any atom is 0.338 e. The summed E-state index contributed by atoms with van der Waals surface area (Å²) in [7, 11) is -3.78. The number of nitrogens with zero attached hydrogens (tertiary/aromatic N) is 1. The number of esters is 1. The lowest BCUT2D eigenvalue weighted by atomic mass is 10.1. The van der Waals surface area contributed by atoms with Crippen molar-refractivity contribution >= 4 is 21.9 Å². The fraction of sp³-hybridized carbons (Fsp3) is 0.364. The molecule has 10 heteroatoms. The van der Waals surface area contributed by atoms with Crippen LogP contribution in [0.3, 0.4) is 0 Å². The third kappa shape index (κ3) is 6.12. The van der Waals surface area contributed by atoms with E-state index < -0.39 is 28.5 Å². The van der Waals surface area contributed by atoms with Crippen molar-refractivity contribution in [3.63, 3.8) is 0 Å². The van der Waals surface area contributed by atoms with Crippen LogP contribution in [0.5, 0.6) is 0 Å². The summed E-state index contributed by atoms with van der Waals surface area (Å²) < 4.78 is 50.3. The molecule has 1 fully saturated rings. The highest BCUT2D eigenvalue weighted by Crippen LogP contribution is 2.22. The Morgan fingerprint density at radius 2 is 1.81 bits per heavy atom. The Labute approximate surface area is 186 Å². The summed E-state index contributed by atoms with van der Waals surface area (Å²) in [5.41, 5.74) is 1.41. The fourth-order valence-corrected chi connectivity index (χ4v) is 4.85. The largest absolute Gasteiger partial charge is 0.452 e. The number of sulfonamides is 1. The van der Waals surface area contributed by atoms with Crippen molar-refractivity contribution < 1.29 is 31.9 Å². The second-order valence-corrected chi connectivity index (χ2v) is 9.21. The number of carbonyl (C=O) groups is 2. The minimum absolute atomic E-state index is 0.0256. The number of benzene rings is 2. The van der Waals surface area contributed by atoms with E-state index in [4.69, 9.17) is 9.47 Å². The van der Waals surface area contributed by atoms with E-state index in [1.807, 2.05) is 0 Å². The normalized spacial score (nSPS) is 14.7. The maximum atomic E-state index is 12.9. The van der Waals surface area contributed by atoms with Crippen molar-refractivity contribution in [1.29, 1.82) is 0 Å². The van der Waals surface area contributed by atoms with Crippen molar-refractivity contribution in [3.05, 3.63) is 65.0 Å². The first kappa shape index (κ1) is 23.8. The van der Waals surface area contributed by atoms with Crippen molar-refractivity contribution in [1.82, 2.24) is 9.62 Å². The molecule has 0 spiro atoms. The molecular weight excluding hydrogens is 439 g/mol. The molecule has 1 amide bonds. The molecule has 2 aromatic rings. The highest BCUT2D eigenvalue weighted by molar-refractivity contribution is 7.89. The number of hydrogen-bond donors (Lipinski definition) is 1. The summed E-state index contributed by atoms with van der Waals surface area (Å²) in [6.45, 7) is 2.57. The van der Waals surface area contributed by atoms with E-state index >= 15 is 0 Å². The molecule has 0 atom stereocenters. The lowest BCUT2D eigenvalue weighted by Crippen LogP contribution is -2.40. The molecule has 0 aromatic heterocycles. The van der Waals surface area contributed by atoms with E-state index in [1.54, 1.807) is 19.1 Å². The number of carbonyl (C=O) groups excluding carboxylic acids is 2. The fourth-order valence-electron chi connectivity index (χ4n) is 3.19. The highest BCUT2D eigenvalue weighted by atomic mass is 32.2. The van der Waals surface area contributed by atoms with Crippen LogP contribution >= 0.6 is 0 Å². The number of morpholine rings is 1. The van der Waals surface area contributed by atoms with Gasteiger partial charge in [0.1, 0.15) is 5.82 Å². The van der Waals surface area contributed by atoms with E-state index in [9.17, 15) is 22.4 Å². The summed E-state index contributed by atoms with van der Waals surface area (Å²) in [4.78, 5) is 24.3. The molecule has 1 saturated heterocycles. The van der Waals surface area contributed by atoms with Crippen molar-refractivity contribution in [3.8, 4) is 0 Å². The Kier molecular flexibility index (Phi) is 7.94. The first-order valence-corrected chi connectivity index (χ1v) is 11.6. The average molecular weight is 465 g/mol. The number of ether oxygens (including phenoxy) is 2. The van der Waals surface area contributed by atoms with Crippen LogP contribution in [-0.2, 0) is 30.7 Å². The maximum absolute atomic E-state index is 12.9. The summed E-state index contributed by atoms with van der Waals surface area (Å²) >= 11 is 0. The Balaban J connectivity index is 1.55. The van der Waals surface area contributed by atoms with E-state index in [1.165, 1.54) is 34.6 Å². The highest BCUT2D eigenvalue weighted by Gasteiger charge is 2.28. The molecular formula is C22H25FN2O6S. The number of halogens is 1. The van der Waals surface area contributed by atoms with Crippen LogP contribution in [0.1, 0.15) is 21.5 Å². The Morgan fingerprint density at radius 3 is 2.50 bits per heavy atom. The summed E-state index contributed by atoms with van der Waals surface area (Å²) in [6.07, 6.45) is 0.501. The van der Waals surface area contributed by atoms with Gasteiger partial charge in [0, 0.05) is 19.6 Å². The number of hydrogen-bond acceptors (Lipinski definition) is 6. The van der Waals surface area contributed by atoms with E-state index in [0.29, 0.717) is 31.7 Å². The third-order valence-corrected chi connectivity index (χ3v) is 7.04. The molecule has 0 bridgehead atoms. The molecule has 0 saturated carbocycles. The lowest BCUT2D eigenvalue weighted by Gasteiger charge is -2.26. The van der Waals surface area contributed by atoms with Crippen molar-refractivity contribution in [2.75, 3.05) is 39.5 Å². The Bertz CT molecular complexity index is 1070. The van der Waals surface area contributed by atoms with Gasteiger partial charge in [0.25, 0.3) is 5.91 Å². The van der Waals surface area contributed by atoms with Gasteiger partial charge in [-0.3, -0.25) is 4.79 Å². The number of aryl methyl sites for hydroxylation is 1. The van der Waals surface area contributed by atoms with Crippen molar-refractivity contribution in [2.45, 2.75) is 18.2 Å². The van der Waals surface area contributed by atoms with Gasteiger partial charge in [0.15, 0.2) is 6.61 Å². The van der Waals surface area contributed by atoms with Gasteiger partial charge in [-0.1, -0.05) is 18.2 Å². The molecule has 1 heterocycles. The van der Waals surface area contributed by atoms with Gasteiger partial charge >= 0.3 is 5.97 Å². The molecule has 2 aromatic carbocycles. The first-order chi connectivity index (χ1) is 15.3. The summed E-state index contributed by atoms with van der Waals surface area (Å²) in [6, 6.07) is 10.2. The standard InChI is InChI=1S/C22H25FN2O6S/c1-16-2-5-18(14-20(16)32(28,29)25-10-12-30-13-11-25)22(27)31-15-21(26)24-9-8-17-3-6-19(23)7-4-17/h2-7,14H,8-13,15H2,1H3,(H,24,26). The molecule has 8 nitrogen and oxygen atoms in total. The van der Waals surface area contributed by atoms with Gasteiger partial charge in [0.05, 0.1) is 23.7 Å². The van der Waals surface area contributed by atoms with Gasteiger partial charge in [-0.25, -0.2) is 17.6 Å². The second-order valence-electron chi connectivity index (χ2n) is 7.30. The molecule has 32 heavy (non-hydrogen) atoms. The predicted octanol–water partition coefficient (Wildman–Crippen LogP) is 1.67. The molecule has 172 valence electrons. The molecule has 3 rings (SSSR count). The van der Waals surface area contributed by atoms with Crippen molar-refractivity contribution in [2.24, 2.45) is 0 Å². The predicted molar refractivity (Wildman–Crippen MR) is 114 cm³/mol. The number of rotatable bonds is 8. The van der Waals surface area contributed by atoms with Crippen LogP contribution in [0, 0.1) is 12.7 Å². The lowest BCUT2D eigenvalue weighted by molar-refractivity contribution is -0.124. The molecule has 0 aliphatic carbocycles. The first-order valence-electron chi connectivity index (χ1n) is 10.1. The van der Waals surface area contributed by atoms with Crippen LogP contribution in [0.4, 0.5) is 4.39 Å². The zero-order valence-corrected chi connectivity index (χ0v) is 18.5. The molecule has 0 radical (unpaired) electrons. The smallest absolute Gasteiger partial charge is 0.338 e. The average Bonchev–Trinajstić information content (AvgIpc) is 2.79. The number of nitrogens with one attached hydrogen (secondary N) is 1. The molecule has 1 aliphatic rings. The van der Waals surface area contributed by atoms with E-state index in [0.717, 1.165) is 5.56 Å². The molecule has 1 N–H and O–H groups in total. The Hall–Kier alpha value is -2.82. The van der Waals surface area contributed by atoms with Crippen LogP contribution in [0.2, 0.25) is 0 Å². The van der Waals surface area contributed by atoms with Crippen LogP contribution in [0.25, 0.3) is 0 Å². The monoisotopic (exact) mass is 464 g/mol. The van der Waals surface area contributed by atoms with E-state index in [2.05, 4.69) is 5.32 Å². The zero-order valence-electron chi connectivity index (χ0n) is 17.7.